The molecule has 2 aromatic carbocycles. The van der Waals surface area contributed by atoms with Crippen LogP contribution in [0, 0.1) is 12.8 Å². The summed E-state index contributed by atoms with van der Waals surface area (Å²) in [5.41, 5.74) is 10.4. The number of amides is 5. The van der Waals surface area contributed by atoms with E-state index in [0.717, 1.165) is 54.4 Å². The van der Waals surface area contributed by atoms with Gasteiger partial charge in [-0.3, -0.25) is 9.69 Å². The highest BCUT2D eigenvalue weighted by Gasteiger charge is 2.40. The number of nitrogen functional groups attached to an aromatic ring is 1. The van der Waals surface area contributed by atoms with E-state index < -0.39 is 6.04 Å². The van der Waals surface area contributed by atoms with Crippen molar-refractivity contribution in [2.45, 2.75) is 63.6 Å². The summed E-state index contributed by atoms with van der Waals surface area (Å²) in [6.45, 7) is 10.2. The molecule has 258 valence electrons. The molecule has 2 aromatic rings. The maximum absolute atomic E-state index is 14.1. The number of nitrogens with two attached hydrogens (primary N) is 1. The smallest absolute Gasteiger partial charge is 0.322 e. The predicted octanol–water partition coefficient (Wildman–Crippen LogP) is 3.64. The lowest BCUT2D eigenvalue weighted by Gasteiger charge is -2.51. The Hall–Kier alpha value is -3.54. The Balaban J connectivity index is 0.986. The van der Waals surface area contributed by atoms with Crippen LogP contribution in [0.1, 0.15) is 42.4 Å². The number of likely N-dealkylation sites (tertiary alicyclic amines) is 1. The molecule has 5 amide bonds. The number of piperidine rings is 4. The Morgan fingerprint density at radius 3 is 2.38 bits per heavy atom. The molecule has 0 aliphatic carbocycles. The molecule has 0 aromatic heterocycles. The van der Waals surface area contributed by atoms with Gasteiger partial charge < -0.3 is 36.0 Å². The van der Waals surface area contributed by atoms with Gasteiger partial charge in [0.2, 0.25) is 5.91 Å². The van der Waals surface area contributed by atoms with Gasteiger partial charge in [0.15, 0.2) is 0 Å². The van der Waals surface area contributed by atoms with Gasteiger partial charge in [-0.2, -0.15) is 0 Å². The van der Waals surface area contributed by atoms with Crippen LogP contribution in [0.5, 0.6) is 0 Å². The van der Waals surface area contributed by atoms with E-state index in [0.29, 0.717) is 68.7 Å². The van der Waals surface area contributed by atoms with Gasteiger partial charge in [0.25, 0.3) is 0 Å². The largest absolute Gasteiger partial charge is 0.397 e. The zero-order valence-corrected chi connectivity index (χ0v) is 28.8. The number of nitrogens with zero attached hydrogens (tertiary/aromatic N) is 5. The van der Waals surface area contributed by atoms with Crippen LogP contribution in [-0.4, -0.2) is 126 Å². The lowest BCUT2D eigenvalue weighted by atomic mass is 9.83. The number of urea groups is 2. The molecular formula is C36H49ClN8O3. The number of hydrogen-bond donors (Lipinski definition) is 3. The summed E-state index contributed by atoms with van der Waals surface area (Å²) >= 11 is 6.44. The summed E-state index contributed by atoms with van der Waals surface area (Å²) in [7, 11) is 0. The summed E-state index contributed by atoms with van der Waals surface area (Å²) < 4.78 is 0. The van der Waals surface area contributed by atoms with Crippen molar-refractivity contribution in [2.24, 2.45) is 5.92 Å². The number of rotatable bonds is 6. The molecule has 2 atom stereocenters. The highest BCUT2D eigenvalue weighted by Crippen LogP contribution is 2.32. The van der Waals surface area contributed by atoms with E-state index in [-0.39, 0.29) is 24.0 Å². The minimum Gasteiger partial charge on any atom is -0.397 e. The van der Waals surface area contributed by atoms with E-state index in [4.69, 9.17) is 17.3 Å². The fourth-order valence-electron chi connectivity index (χ4n) is 8.58. The molecule has 1 unspecified atom stereocenters. The molecule has 6 aliphatic rings. The first-order chi connectivity index (χ1) is 23.2. The predicted molar refractivity (Wildman–Crippen MR) is 188 cm³/mol. The number of para-hydroxylation sites is 1. The number of hydrogen-bond acceptors (Lipinski definition) is 6. The molecular weight excluding hydrogens is 628 g/mol. The van der Waals surface area contributed by atoms with Gasteiger partial charge in [-0.15, -0.1) is 0 Å². The van der Waals surface area contributed by atoms with Gasteiger partial charge in [0.05, 0.1) is 10.7 Å². The SMILES string of the molecule is Cc1cc(C[C@@H](NC(=O)N2CCC(N3CCc4ccccc4NC3=O)CC2)C(=O)N2CCN(C3CN4CCC3CC4)CC2)cc(Cl)c1N. The Kier molecular flexibility index (Phi) is 9.71. The second-order valence-electron chi connectivity index (χ2n) is 14.3. The van der Waals surface area contributed by atoms with Gasteiger partial charge in [0, 0.05) is 76.5 Å². The zero-order valence-electron chi connectivity index (χ0n) is 28.0. The number of aryl methyl sites for hydroxylation is 1. The third-order valence-corrected chi connectivity index (χ3v) is 11.8. The van der Waals surface area contributed by atoms with Crippen LogP contribution in [0.3, 0.4) is 0 Å². The molecule has 0 saturated carbocycles. The van der Waals surface area contributed by atoms with Gasteiger partial charge in [-0.05, 0) is 86.9 Å². The lowest BCUT2D eigenvalue weighted by Crippen LogP contribution is -2.63. The van der Waals surface area contributed by atoms with E-state index in [1.807, 2.05) is 41.0 Å². The molecule has 6 aliphatic heterocycles. The monoisotopic (exact) mass is 676 g/mol. The minimum absolute atomic E-state index is 0.0492. The van der Waals surface area contributed by atoms with Gasteiger partial charge in [-0.1, -0.05) is 35.9 Å². The summed E-state index contributed by atoms with van der Waals surface area (Å²) in [6.07, 6.45) is 5.04. The first kappa shape index (κ1) is 33.0. The fraction of sp³-hybridized carbons (Fsp3) is 0.583. The number of nitrogens with one attached hydrogen (secondary N) is 2. The standard InChI is InChI=1S/C36H49ClN8O3/c1-24-20-25(21-29(37)33(24)38)22-31(34(46)43-18-16-42(17-19-43)32-23-41-11-6-27(32)7-12-41)40-35(47)44-13-9-28(10-14-44)45-15-8-26-4-2-3-5-30(26)39-36(45)48/h2-5,20-21,27-28,31-32H,6-19,22-23,38H2,1H3,(H,39,48)(H,40,47)/t31-,32?/m1/s1. The number of carbonyl (C=O) groups excluding carboxylic acids is 3. The van der Waals surface area contributed by atoms with Crippen LogP contribution in [0.15, 0.2) is 36.4 Å². The van der Waals surface area contributed by atoms with Crippen molar-refractivity contribution < 1.29 is 14.4 Å². The number of piperazine rings is 1. The average Bonchev–Trinajstić information content (AvgIpc) is 3.28. The van der Waals surface area contributed by atoms with Gasteiger partial charge in [0.1, 0.15) is 6.04 Å². The quantitative estimate of drug-likeness (QED) is 0.403. The second-order valence-corrected chi connectivity index (χ2v) is 14.7. The van der Waals surface area contributed by atoms with Crippen molar-refractivity contribution in [1.82, 2.24) is 29.8 Å². The Morgan fingerprint density at radius 2 is 1.69 bits per heavy atom. The van der Waals surface area contributed by atoms with E-state index in [1.165, 1.54) is 25.9 Å². The minimum atomic E-state index is -0.729. The number of halogens is 1. The highest BCUT2D eigenvalue weighted by atomic mass is 35.5. The molecule has 4 N–H and O–H groups in total. The maximum Gasteiger partial charge on any atom is 0.322 e. The Morgan fingerprint density at radius 1 is 0.958 bits per heavy atom. The first-order valence-electron chi connectivity index (χ1n) is 17.7. The number of anilines is 2. The summed E-state index contributed by atoms with van der Waals surface area (Å²) in [6, 6.07) is 11.3. The van der Waals surface area contributed by atoms with Crippen molar-refractivity contribution in [3.05, 3.63) is 58.1 Å². The molecule has 2 bridgehead atoms. The van der Waals surface area contributed by atoms with Gasteiger partial charge >= 0.3 is 12.1 Å². The lowest BCUT2D eigenvalue weighted by molar-refractivity contribution is -0.136. The summed E-state index contributed by atoms with van der Waals surface area (Å²) in [5, 5.41) is 6.64. The van der Waals surface area contributed by atoms with Gasteiger partial charge in [-0.25, -0.2) is 9.59 Å². The molecule has 0 radical (unpaired) electrons. The molecule has 11 nitrogen and oxygen atoms in total. The van der Waals surface area contributed by atoms with Crippen LogP contribution in [0.2, 0.25) is 5.02 Å². The normalized spacial score (nSPS) is 25.7. The average molecular weight is 677 g/mol. The van der Waals surface area contributed by atoms with Crippen LogP contribution in [0.4, 0.5) is 21.0 Å². The first-order valence-corrected chi connectivity index (χ1v) is 18.1. The molecule has 5 saturated heterocycles. The van der Waals surface area contributed by atoms with E-state index >= 15 is 0 Å². The fourth-order valence-corrected chi connectivity index (χ4v) is 8.87. The maximum atomic E-state index is 14.1. The Labute approximate surface area is 288 Å². The van der Waals surface area contributed by atoms with Crippen LogP contribution in [-0.2, 0) is 17.6 Å². The van der Waals surface area contributed by atoms with Crippen molar-refractivity contribution in [3.63, 3.8) is 0 Å². The van der Waals surface area contributed by atoms with E-state index in [1.54, 1.807) is 11.0 Å². The van der Waals surface area contributed by atoms with Crippen LogP contribution < -0.4 is 16.4 Å². The Bertz CT molecular complexity index is 1490. The highest BCUT2D eigenvalue weighted by molar-refractivity contribution is 6.33. The van der Waals surface area contributed by atoms with Crippen molar-refractivity contribution in [1.29, 1.82) is 0 Å². The van der Waals surface area contributed by atoms with E-state index in [2.05, 4.69) is 26.5 Å². The number of fused-ring (bicyclic) bond motifs is 4. The van der Waals surface area contributed by atoms with Crippen molar-refractivity contribution in [2.75, 3.05) is 76.5 Å². The van der Waals surface area contributed by atoms with Crippen LogP contribution in [0.25, 0.3) is 0 Å². The number of benzene rings is 2. The molecule has 48 heavy (non-hydrogen) atoms. The third-order valence-electron chi connectivity index (χ3n) is 11.5. The zero-order chi connectivity index (χ0) is 33.4. The molecule has 8 rings (SSSR count). The second kappa shape index (κ2) is 14.1. The summed E-state index contributed by atoms with van der Waals surface area (Å²) in [4.78, 5) is 51.8. The molecule has 5 fully saturated rings. The van der Waals surface area contributed by atoms with Crippen LogP contribution >= 0.6 is 11.6 Å². The molecule has 6 heterocycles. The number of carbonyl (C=O) groups is 3. The van der Waals surface area contributed by atoms with Crippen molar-refractivity contribution in [3.8, 4) is 0 Å². The topological polar surface area (TPSA) is 117 Å². The molecule has 0 spiro atoms. The third kappa shape index (κ3) is 6.95. The molecule has 12 heteroatoms. The van der Waals surface area contributed by atoms with Crippen molar-refractivity contribution >= 4 is 40.9 Å². The summed E-state index contributed by atoms with van der Waals surface area (Å²) in [5.74, 6) is 0.704. The van der Waals surface area contributed by atoms with E-state index in [9.17, 15) is 14.4 Å².